The van der Waals surface area contributed by atoms with Gasteiger partial charge in [0.15, 0.2) is 17.5 Å². The zero-order valence-electron chi connectivity index (χ0n) is 15.3. The van der Waals surface area contributed by atoms with E-state index in [1.165, 1.54) is 6.07 Å². The number of aryl methyl sites for hydroxylation is 1. The minimum Gasteiger partial charge on any atom is -0.431 e. The molecule has 2 heterocycles. The lowest BCUT2D eigenvalue weighted by molar-refractivity contribution is -0.138. The zero-order chi connectivity index (χ0) is 22.3. The minimum atomic E-state index is -4.83. The van der Waals surface area contributed by atoms with Crippen LogP contribution in [0.15, 0.2) is 29.5 Å². The first kappa shape index (κ1) is 21.8. The first-order valence-corrected chi connectivity index (χ1v) is 8.53. The summed E-state index contributed by atoms with van der Waals surface area (Å²) in [6.07, 6.45) is -3.87. The molecule has 162 valence electrons. The largest absolute Gasteiger partial charge is 0.431 e. The third-order valence-corrected chi connectivity index (χ3v) is 4.58. The smallest absolute Gasteiger partial charge is 0.417 e. The van der Waals surface area contributed by atoms with Crippen LogP contribution in [0, 0.1) is 0 Å². The number of aromatic nitrogens is 2. The van der Waals surface area contributed by atoms with E-state index in [9.17, 15) is 35.5 Å². The van der Waals surface area contributed by atoms with Crippen LogP contribution in [0.3, 0.4) is 0 Å². The van der Waals surface area contributed by atoms with Gasteiger partial charge in [0.05, 0.1) is 17.2 Å². The van der Waals surface area contributed by atoms with E-state index in [4.69, 9.17) is 0 Å². The van der Waals surface area contributed by atoms with E-state index in [0.29, 0.717) is 12.3 Å². The van der Waals surface area contributed by atoms with Gasteiger partial charge in [0.2, 0.25) is 0 Å². The average molecular weight is 437 g/mol. The second kappa shape index (κ2) is 7.73. The maximum atomic E-state index is 14.4. The normalized spacial score (nSPS) is 19.0. The van der Waals surface area contributed by atoms with Gasteiger partial charge in [-0.05, 0) is 24.1 Å². The molecule has 0 amide bonds. The molecule has 0 spiro atoms. The summed E-state index contributed by atoms with van der Waals surface area (Å²) in [4.78, 5) is 18.9. The van der Waals surface area contributed by atoms with Crippen LogP contribution in [0.25, 0.3) is 0 Å². The second-order valence-electron chi connectivity index (χ2n) is 6.57. The number of alkyl halides is 7. The Labute approximate surface area is 164 Å². The van der Waals surface area contributed by atoms with E-state index in [0.717, 1.165) is 17.8 Å². The molecular formula is C18H14F7N3O2. The van der Waals surface area contributed by atoms with Crippen molar-refractivity contribution in [2.24, 2.45) is 12.0 Å². The molecule has 1 aliphatic carbocycles. The summed E-state index contributed by atoms with van der Waals surface area (Å²) >= 11 is 0. The summed E-state index contributed by atoms with van der Waals surface area (Å²) in [6.45, 7) is -3.43. The molecule has 1 unspecified atom stereocenters. The Morgan fingerprint density at radius 1 is 1.37 bits per heavy atom. The van der Waals surface area contributed by atoms with Gasteiger partial charge in [-0.15, -0.1) is 0 Å². The lowest BCUT2D eigenvalue weighted by Gasteiger charge is -2.30. The van der Waals surface area contributed by atoms with Crippen molar-refractivity contribution >= 4 is 6.29 Å². The fraction of sp³-hybridized carbons (Fsp3) is 0.389. The van der Waals surface area contributed by atoms with Gasteiger partial charge in [-0.3, -0.25) is 14.8 Å². The third kappa shape index (κ3) is 4.17. The summed E-state index contributed by atoms with van der Waals surface area (Å²) in [6, 6.07) is 0.540. The lowest BCUT2D eigenvalue weighted by Crippen LogP contribution is -2.29. The molecule has 0 saturated carbocycles. The number of pyridine rings is 2. The first-order valence-electron chi connectivity index (χ1n) is 8.53. The van der Waals surface area contributed by atoms with Crippen molar-refractivity contribution in [2.45, 2.75) is 37.6 Å². The molecule has 0 bridgehead atoms. The van der Waals surface area contributed by atoms with Crippen molar-refractivity contribution in [1.29, 1.82) is 0 Å². The van der Waals surface area contributed by atoms with Crippen molar-refractivity contribution in [3.63, 3.8) is 0 Å². The van der Waals surface area contributed by atoms with Crippen LogP contribution >= 0.6 is 0 Å². The van der Waals surface area contributed by atoms with Crippen molar-refractivity contribution in [3.05, 3.63) is 52.4 Å². The van der Waals surface area contributed by atoms with E-state index >= 15 is 0 Å². The maximum Gasteiger partial charge on any atom is 0.417 e. The predicted molar refractivity (Wildman–Crippen MR) is 88.1 cm³/mol. The second-order valence-corrected chi connectivity index (χ2v) is 6.57. The van der Waals surface area contributed by atoms with Crippen molar-refractivity contribution < 1.29 is 40.3 Å². The van der Waals surface area contributed by atoms with Crippen LogP contribution in [0.4, 0.5) is 30.7 Å². The number of ether oxygens (including phenoxy) is 1. The van der Waals surface area contributed by atoms with Gasteiger partial charge in [-0.2, -0.15) is 22.0 Å². The Morgan fingerprint density at radius 2 is 2.07 bits per heavy atom. The number of carbonyl (C=O) groups is 1. The Kier molecular flexibility index (Phi) is 5.61. The number of nitrogens with zero attached hydrogens (tertiary/aromatic N) is 3. The molecule has 2 aromatic heterocycles. The van der Waals surface area contributed by atoms with Gasteiger partial charge in [-0.25, -0.2) is 8.78 Å². The predicted octanol–water partition coefficient (Wildman–Crippen LogP) is 4.38. The van der Waals surface area contributed by atoms with Gasteiger partial charge < -0.3 is 9.30 Å². The number of aldehydes is 1. The molecule has 0 aromatic carbocycles. The summed E-state index contributed by atoms with van der Waals surface area (Å²) in [5, 5.41) is 0. The van der Waals surface area contributed by atoms with E-state index in [-0.39, 0.29) is 18.3 Å². The number of carbonyl (C=O) groups excluding carboxylic acids is 1. The van der Waals surface area contributed by atoms with E-state index in [1.807, 2.05) is 0 Å². The summed E-state index contributed by atoms with van der Waals surface area (Å²) < 4.78 is 98.4. The Hall–Kier alpha value is -2.92. The quantitative estimate of drug-likeness (QED) is 0.527. The standard InChI is InChI=1S/C18H14F7N3O2/c1-28-7-9(18(23,24)25)6-13(30-16(19)20)15(28)27-11-2-4-17(21,22)14-10(11)3-5-26-12(14)8-29/h3,5-8,11,16H,2,4H2,1H3. The molecule has 0 radical (unpaired) electrons. The highest BCUT2D eigenvalue weighted by molar-refractivity contribution is 5.75. The van der Waals surface area contributed by atoms with Crippen molar-refractivity contribution in [1.82, 2.24) is 9.55 Å². The van der Waals surface area contributed by atoms with Gasteiger partial charge in [0.25, 0.3) is 5.92 Å². The van der Waals surface area contributed by atoms with Gasteiger partial charge in [-0.1, -0.05) is 0 Å². The molecule has 5 nitrogen and oxygen atoms in total. The fourth-order valence-electron chi connectivity index (χ4n) is 3.32. The SMILES string of the molecule is Cn1cc(C(F)(F)F)cc(OC(F)F)c1=NC1CCC(F)(F)c2c1ccnc2C=O. The molecule has 0 N–H and O–H groups in total. The number of hydrogen-bond acceptors (Lipinski definition) is 4. The number of halogens is 7. The van der Waals surface area contributed by atoms with Crippen LogP contribution in [-0.4, -0.2) is 22.4 Å². The summed E-state index contributed by atoms with van der Waals surface area (Å²) in [7, 11) is 1.13. The van der Waals surface area contributed by atoms with Crippen LogP contribution in [0.1, 0.15) is 46.1 Å². The monoisotopic (exact) mass is 437 g/mol. The highest BCUT2D eigenvalue weighted by atomic mass is 19.4. The Morgan fingerprint density at radius 3 is 2.67 bits per heavy atom. The number of fused-ring (bicyclic) bond motifs is 1. The zero-order valence-corrected chi connectivity index (χ0v) is 15.3. The maximum absolute atomic E-state index is 14.4. The molecule has 0 saturated heterocycles. The Bertz CT molecular complexity index is 1030. The molecule has 30 heavy (non-hydrogen) atoms. The topological polar surface area (TPSA) is 56.5 Å². The fourth-order valence-corrected chi connectivity index (χ4v) is 3.32. The average Bonchev–Trinajstić information content (AvgIpc) is 2.64. The molecule has 0 aliphatic heterocycles. The van der Waals surface area contributed by atoms with Crippen LogP contribution < -0.4 is 10.2 Å². The molecule has 2 aromatic rings. The lowest BCUT2D eigenvalue weighted by atomic mass is 9.84. The van der Waals surface area contributed by atoms with Crippen LogP contribution in [-0.2, 0) is 19.1 Å². The van der Waals surface area contributed by atoms with Crippen molar-refractivity contribution in [3.8, 4) is 5.75 Å². The molecule has 1 aliphatic rings. The first-order chi connectivity index (χ1) is 13.9. The minimum absolute atomic E-state index is 0.0637. The van der Waals surface area contributed by atoms with Crippen LogP contribution in [0.2, 0.25) is 0 Å². The van der Waals surface area contributed by atoms with E-state index in [2.05, 4.69) is 14.7 Å². The number of rotatable bonds is 4. The van der Waals surface area contributed by atoms with E-state index < -0.39 is 59.2 Å². The van der Waals surface area contributed by atoms with E-state index in [1.54, 1.807) is 0 Å². The summed E-state index contributed by atoms with van der Waals surface area (Å²) in [5.74, 6) is -4.22. The highest BCUT2D eigenvalue weighted by Gasteiger charge is 2.43. The van der Waals surface area contributed by atoms with Crippen molar-refractivity contribution in [2.75, 3.05) is 0 Å². The van der Waals surface area contributed by atoms with Crippen LogP contribution in [0.5, 0.6) is 5.75 Å². The molecular weight excluding hydrogens is 423 g/mol. The van der Waals surface area contributed by atoms with Gasteiger partial charge in [0.1, 0.15) is 5.69 Å². The van der Waals surface area contributed by atoms with Gasteiger partial charge >= 0.3 is 12.8 Å². The molecule has 3 rings (SSSR count). The molecule has 0 fully saturated rings. The Balaban J connectivity index is 2.22. The molecule has 1 atom stereocenters. The number of hydrogen-bond donors (Lipinski definition) is 0. The highest BCUT2D eigenvalue weighted by Crippen LogP contribution is 2.46. The van der Waals surface area contributed by atoms with Gasteiger partial charge in [0, 0.05) is 25.9 Å². The summed E-state index contributed by atoms with van der Waals surface area (Å²) in [5.41, 5.74) is -2.83. The third-order valence-electron chi connectivity index (χ3n) is 4.58. The molecule has 12 heteroatoms.